The molecule has 0 unspecified atom stereocenters. The molecular weight excluding hydrogens is 331 g/mol. The molecule has 0 saturated carbocycles. The van der Waals surface area contributed by atoms with Gasteiger partial charge in [0.2, 0.25) is 15.9 Å². The number of nitrogens with zero attached hydrogens (tertiary/aromatic N) is 1. The first-order valence-electron chi connectivity index (χ1n) is 8.42. The summed E-state index contributed by atoms with van der Waals surface area (Å²) in [5, 5.41) is 2.87. The lowest BCUT2D eigenvalue weighted by molar-refractivity contribution is -0.126. The SMILES string of the molecule is CCCS(=O)(=O)N1CCC[C@H](C(=O)NCCc2ccc(F)cc2)C1. The minimum atomic E-state index is -3.25. The third-order valence-corrected chi connectivity index (χ3v) is 6.28. The van der Waals surface area contributed by atoms with Crippen LogP contribution in [0.4, 0.5) is 4.39 Å². The van der Waals surface area contributed by atoms with E-state index in [-0.39, 0.29) is 29.9 Å². The van der Waals surface area contributed by atoms with Gasteiger partial charge in [-0.25, -0.2) is 17.1 Å². The van der Waals surface area contributed by atoms with Gasteiger partial charge in [-0.2, -0.15) is 0 Å². The first-order valence-corrected chi connectivity index (χ1v) is 10.0. The molecule has 1 aromatic carbocycles. The number of amides is 1. The van der Waals surface area contributed by atoms with Crippen molar-refractivity contribution in [2.45, 2.75) is 32.6 Å². The van der Waals surface area contributed by atoms with Crippen LogP contribution < -0.4 is 5.32 Å². The molecule has 0 aliphatic carbocycles. The minimum absolute atomic E-state index is 0.103. The van der Waals surface area contributed by atoms with E-state index in [9.17, 15) is 17.6 Å². The maximum atomic E-state index is 12.8. The minimum Gasteiger partial charge on any atom is -0.355 e. The molecule has 7 heteroatoms. The second kappa shape index (κ2) is 8.58. The summed E-state index contributed by atoms with van der Waals surface area (Å²) >= 11 is 0. The molecule has 1 aliphatic heterocycles. The molecule has 1 N–H and O–H groups in total. The molecular formula is C17H25FN2O3S. The number of piperidine rings is 1. The van der Waals surface area contributed by atoms with Gasteiger partial charge in [0, 0.05) is 19.6 Å². The first-order chi connectivity index (χ1) is 11.4. The van der Waals surface area contributed by atoms with Crippen molar-refractivity contribution < 1.29 is 17.6 Å². The second-order valence-electron chi connectivity index (χ2n) is 6.18. The average Bonchev–Trinajstić information content (AvgIpc) is 2.56. The van der Waals surface area contributed by atoms with Crippen LogP contribution in [-0.4, -0.2) is 44.0 Å². The summed E-state index contributed by atoms with van der Waals surface area (Å²) in [6.07, 6.45) is 2.61. The molecule has 1 atom stereocenters. The lowest BCUT2D eigenvalue weighted by atomic mass is 9.99. The number of rotatable bonds is 7. The van der Waals surface area contributed by atoms with Crippen LogP contribution >= 0.6 is 0 Å². The highest BCUT2D eigenvalue weighted by atomic mass is 32.2. The third-order valence-electron chi connectivity index (χ3n) is 4.24. The first kappa shape index (κ1) is 18.9. The van der Waals surface area contributed by atoms with Crippen molar-refractivity contribution in [3.8, 4) is 0 Å². The van der Waals surface area contributed by atoms with E-state index in [1.807, 2.05) is 6.92 Å². The fraction of sp³-hybridized carbons (Fsp3) is 0.588. The zero-order chi connectivity index (χ0) is 17.6. The quantitative estimate of drug-likeness (QED) is 0.812. The van der Waals surface area contributed by atoms with Crippen molar-refractivity contribution in [3.05, 3.63) is 35.6 Å². The maximum absolute atomic E-state index is 12.8. The van der Waals surface area contributed by atoms with Crippen molar-refractivity contribution in [1.29, 1.82) is 0 Å². The summed E-state index contributed by atoms with van der Waals surface area (Å²) in [5.41, 5.74) is 0.951. The van der Waals surface area contributed by atoms with Gasteiger partial charge in [0.05, 0.1) is 11.7 Å². The predicted molar refractivity (Wildman–Crippen MR) is 91.5 cm³/mol. The van der Waals surface area contributed by atoms with Crippen LogP contribution in [0.25, 0.3) is 0 Å². The van der Waals surface area contributed by atoms with Crippen LogP contribution in [-0.2, 0) is 21.2 Å². The summed E-state index contributed by atoms with van der Waals surface area (Å²) < 4.78 is 38.6. The molecule has 0 bridgehead atoms. The Morgan fingerprint density at radius 1 is 1.33 bits per heavy atom. The summed E-state index contributed by atoms with van der Waals surface area (Å²) in [7, 11) is -3.25. The molecule has 24 heavy (non-hydrogen) atoms. The van der Waals surface area contributed by atoms with Crippen molar-refractivity contribution >= 4 is 15.9 Å². The Balaban J connectivity index is 1.82. The Hall–Kier alpha value is -1.47. The van der Waals surface area contributed by atoms with Crippen molar-refractivity contribution in [2.24, 2.45) is 5.92 Å². The Morgan fingerprint density at radius 3 is 2.71 bits per heavy atom. The van der Waals surface area contributed by atoms with Crippen LogP contribution in [0.2, 0.25) is 0 Å². The normalized spacial score (nSPS) is 19.2. The molecule has 0 spiro atoms. The van der Waals surface area contributed by atoms with Crippen LogP contribution in [0, 0.1) is 11.7 Å². The highest BCUT2D eigenvalue weighted by molar-refractivity contribution is 7.89. The predicted octanol–water partition coefficient (Wildman–Crippen LogP) is 1.94. The van der Waals surface area contributed by atoms with Gasteiger partial charge in [0.1, 0.15) is 5.82 Å². The summed E-state index contributed by atoms with van der Waals surface area (Å²) in [6, 6.07) is 6.19. The fourth-order valence-corrected chi connectivity index (χ4v) is 4.51. The zero-order valence-corrected chi connectivity index (χ0v) is 14.8. The highest BCUT2D eigenvalue weighted by Crippen LogP contribution is 2.20. The van der Waals surface area contributed by atoms with E-state index in [0.717, 1.165) is 5.56 Å². The van der Waals surface area contributed by atoms with E-state index in [4.69, 9.17) is 0 Å². The average molecular weight is 356 g/mol. The molecule has 1 fully saturated rings. The van der Waals surface area contributed by atoms with Gasteiger partial charge in [-0.1, -0.05) is 19.1 Å². The molecule has 1 saturated heterocycles. The third kappa shape index (κ3) is 5.27. The number of hydrogen-bond donors (Lipinski definition) is 1. The standard InChI is InChI=1S/C17H25FN2O3S/c1-2-12-24(22,23)20-11-3-4-15(13-20)17(21)19-10-9-14-5-7-16(18)8-6-14/h5-8,15H,2-4,9-13H2,1H3,(H,19,21)/t15-/m0/s1. The van der Waals surface area contributed by atoms with E-state index >= 15 is 0 Å². The van der Waals surface area contributed by atoms with Gasteiger partial charge < -0.3 is 5.32 Å². The van der Waals surface area contributed by atoms with Gasteiger partial charge in [0.15, 0.2) is 0 Å². The van der Waals surface area contributed by atoms with Crippen molar-refractivity contribution in [3.63, 3.8) is 0 Å². The van der Waals surface area contributed by atoms with Gasteiger partial charge >= 0.3 is 0 Å². The molecule has 0 aromatic heterocycles. The van der Waals surface area contributed by atoms with E-state index in [0.29, 0.717) is 38.8 Å². The van der Waals surface area contributed by atoms with Gasteiger partial charge in [-0.3, -0.25) is 4.79 Å². The monoisotopic (exact) mass is 356 g/mol. The smallest absolute Gasteiger partial charge is 0.224 e. The Bertz CT molecular complexity index is 646. The number of nitrogens with one attached hydrogen (secondary N) is 1. The topological polar surface area (TPSA) is 66.5 Å². The molecule has 1 heterocycles. The van der Waals surface area contributed by atoms with E-state index in [1.54, 1.807) is 12.1 Å². The summed E-state index contributed by atoms with van der Waals surface area (Å²) in [6.45, 7) is 3.07. The molecule has 0 radical (unpaired) electrons. The molecule has 1 aliphatic rings. The molecule has 2 rings (SSSR count). The van der Waals surface area contributed by atoms with Gasteiger partial charge in [0.25, 0.3) is 0 Å². The summed E-state index contributed by atoms with van der Waals surface area (Å²) in [4.78, 5) is 12.3. The summed E-state index contributed by atoms with van der Waals surface area (Å²) in [5.74, 6) is -0.545. The molecule has 134 valence electrons. The second-order valence-corrected chi connectivity index (χ2v) is 8.27. The van der Waals surface area contributed by atoms with Gasteiger partial charge in [-0.15, -0.1) is 0 Å². The van der Waals surface area contributed by atoms with Crippen LogP contribution in [0.15, 0.2) is 24.3 Å². The van der Waals surface area contributed by atoms with Crippen LogP contribution in [0.1, 0.15) is 31.7 Å². The number of hydrogen-bond acceptors (Lipinski definition) is 3. The van der Waals surface area contributed by atoms with Crippen LogP contribution in [0.5, 0.6) is 0 Å². The highest BCUT2D eigenvalue weighted by Gasteiger charge is 2.31. The molecule has 1 aromatic rings. The Kier molecular flexibility index (Phi) is 6.74. The van der Waals surface area contributed by atoms with Crippen molar-refractivity contribution in [2.75, 3.05) is 25.4 Å². The number of benzene rings is 1. The largest absolute Gasteiger partial charge is 0.355 e. The lowest BCUT2D eigenvalue weighted by Gasteiger charge is -2.31. The Morgan fingerprint density at radius 2 is 2.04 bits per heavy atom. The number of sulfonamides is 1. The number of halogens is 1. The van der Waals surface area contributed by atoms with E-state index < -0.39 is 10.0 Å². The van der Waals surface area contributed by atoms with E-state index in [2.05, 4.69) is 5.32 Å². The van der Waals surface area contributed by atoms with Crippen molar-refractivity contribution in [1.82, 2.24) is 9.62 Å². The Labute approximate surface area is 143 Å². The lowest BCUT2D eigenvalue weighted by Crippen LogP contribution is -2.46. The fourth-order valence-electron chi connectivity index (χ4n) is 2.92. The van der Waals surface area contributed by atoms with Gasteiger partial charge in [-0.05, 0) is 43.4 Å². The zero-order valence-electron chi connectivity index (χ0n) is 14.0. The van der Waals surface area contributed by atoms with E-state index in [1.165, 1.54) is 16.4 Å². The maximum Gasteiger partial charge on any atom is 0.224 e. The molecule has 1 amide bonds. The molecule has 5 nitrogen and oxygen atoms in total. The number of carbonyl (C=O) groups excluding carboxylic acids is 1. The van der Waals surface area contributed by atoms with Crippen LogP contribution in [0.3, 0.4) is 0 Å². The number of carbonyl (C=O) groups is 1.